The van der Waals surface area contributed by atoms with Gasteiger partial charge >= 0.3 is 0 Å². The van der Waals surface area contributed by atoms with Crippen molar-refractivity contribution in [3.8, 4) is 0 Å². The van der Waals surface area contributed by atoms with Gasteiger partial charge < -0.3 is 4.74 Å². The molecular weight excluding hydrogens is 196 g/mol. The van der Waals surface area contributed by atoms with Gasteiger partial charge in [-0.15, -0.1) is 0 Å². The number of hydrogen-bond acceptors (Lipinski definition) is 1. The second kappa shape index (κ2) is 8.35. The summed E-state index contributed by atoms with van der Waals surface area (Å²) in [5.74, 6) is 0.674. The van der Waals surface area contributed by atoms with E-state index in [1.165, 1.54) is 31.2 Å². The summed E-state index contributed by atoms with van der Waals surface area (Å²) >= 11 is 0. The Morgan fingerprint density at radius 2 is 1.81 bits per heavy atom. The van der Waals surface area contributed by atoms with Crippen LogP contribution in [0.3, 0.4) is 0 Å². The summed E-state index contributed by atoms with van der Waals surface area (Å²) in [6.07, 6.45) is 6.41. The van der Waals surface area contributed by atoms with Crippen LogP contribution in [0.15, 0.2) is 30.3 Å². The molecule has 0 saturated heterocycles. The van der Waals surface area contributed by atoms with Crippen LogP contribution in [0.2, 0.25) is 0 Å². The molecule has 0 N–H and O–H groups in total. The number of rotatable bonds is 8. The molecule has 1 unspecified atom stereocenters. The molecule has 16 heavy (non-hydrogen) atoms. The number of benzene rings is 1. The highest BCUT2D eigenvalue weighted by molar-refractivity contribution is 5.19. The second-order valence-electron chi connectivity index (χ2n) is 4.38. The number of ether oxygens (including phenoxy) is 1. The molecule has 0 aliphatic rings. The van der Waals surface area contributed by atoms with Crippen molar-refractivity contribution in [3.05, 3.63) is 35.9 Å². The highest BCUT2D eigenvalue weighted by Gasteiger charge is 2.10. The molecule has 0 bridgehead atoms. The van der Waals surface area contributed by atoms with Crippen molar-refractivity contribution in [3.63, 3.8) is 0 Å². The maximum Gasteiger partial charge on any atom is 0.0468 e. The molecule has 0 amide bonds. The van der Waals surface area contributed by atoms with Crippen LogP contribution in [0.1, 0.15) is 50.5 Å². The Balaban J connectivity index is 2.49. The van der Waals surface area contributed by atoms with Gasteiger partial charge in [-0.05, 0) is 24.3 Å². The van der Waals surface area contributed by atoms with Crippen LogP contribution in [0.4, 0.5) is 0 Å². The molecule has 1 atom stereocenters. The van der Waals surface area contributed by atoms with Crippen molar-refractivity contribution in [2.45, 2.75) is 44.9 Å². The standard InChI is InChI=1S/C15H24O/c1-3-4-6-9-15(12-13-16-2)14-10-7-5-8-11-14/h5,7-8,10-11,15H,3-4,6,9,12-13H2,1-2H3. The van der Waals surface area contributed by atoms with E-state index >= 15 is 0 Å². The fourth-order valence-electron chi connectivity index (χ4n) is 2.10. The Labute approximate surface area is 99.8 Å². The summed E-state index contributed by atoms with van der Waals surface area (Å²) in [4.78, 5) is 0. The van der Waals surface area contributed by atoms with Gasteiger partial charge in [0.15, 0.2) is 0 Å². The summed E-state index contributed by atoms with van der Waals surface area (Å²) in [5, 5.41) is 0. The quantitative estimate of drug-likeness (QED) is 0.590. The Hall–Kier alpha value is -0.820. The molecule has 1 aromatic carbocycles. The molecular formula is C15H24O. The van der Waals surface area contributed by atoms with Crippen LogP contribution >= 0.6 is 0 Å². The molecule has 0 aromatic heterocycles. The molecule has 1 rings (SSSR count). The first-order valence-corrected chi connectivity index (χ1v) is 6.42. The summed E-state index contributed by atoms with van der Waals surface area (Å²) in [5.41, 5.74) is 1.47. The third kappa shape index (κ3) is 4.80. The third-order valence-corrected chi connectivity index (χ3v) is 3.10. The third-order valence-electron chi connectivity index (χ3n) is 3.10. The Morgan fingerprint density at radius 3 is 2.44 bits per heavy atom. The molecule has 0 aliphatic heterocycles. The van der Waals surface area contributed by atoms with Crippen LogP contribution in [0.5, 0.6) is 0 Å². The SMILES string of the molecule is CCCCCC(CCOC)c1ccccc1. The normalized spacial score (nSPS) is 12.6. The molecule has 1 heteroatoms. The fraction of sp³-hybridized carbons (Fsp3) is 0.600. The summed E-state index contributed by atoms with van der Waals surface area (Å²) < 4.78 is 5.20. The van der Waals surface area contributed by atoms with E-state index in [-0.39, 0.29) is 0 Å². The van der Waals surface area contributed by atoms with Crippen molar-refractivity contribution in [2.24, 2.45) is 0 Å². The largest absolute Gasteiger partial charge is 0.385 e. The zero-order chi connectivity index (χ0) is 11.6. The lowest BCUT2D eigenvalue weighted by Crippen LogP contribution is -2.03. The molecule has 0 radical (unpaired) electrons. The summed E-state index contributed by atoms with van der Waals surface area (Å²) in [6, 6.07) is 10.8. The van der Waals surface area contributed by atoms with E-state index in [9.17, 15) is 0 Å². The van der Waals surface area contributed by atoms with Gasteiger partial charge in [0.1, 0.15) is 0 Å². The van der Waals surface area contributed by atoms with Crippen LogP contribution in [-0.2, 0) is 4.74 Å². The average molecular weight is 220 g/mol. The molecule has 0 spiro atoms. The van der Waals surface area contributed by atoms with E-state index < -0.39 is 0 Å². The van der Waals surface area contributed by atoms with Gasteiger partial charge in [-0.1, -0.05) is 56.5 Å². The predicted octanol–water partition coefficient (Wildman–Crippen LogP) is 4.39. The summed E-state index contributed by atoms with van der Waals surface area (Å²) in [7, 11) is 1.79. The van der Waals surface area contributed by atoms with E-state index in [4.69, 9.17) is 4.74 Å². The molecule has 0 saturated carbocycles. The maximum absolute atomic E-state index is 5.20. The monoisotopic (exact) mass is 220 g/mol. The second-order valence-corrected chi connectivity index (χ2v) is 4.38. The first-order valence-electron chi connectivity index (χ1n) is 6.42. The lowest BCUT2D eigenvalue weighted by atomic mass is 9.91. The Bertz CT molecular complexity index is 255. The Kier molecular flexibility index (Phi) is 6.91. The van der Waals surface area contributed by atoms with Crippen LogP contribution in [0.25, 0.3) is 0 Å². The van der Waals surface area contributed by atoms with Crippen molar-refractivity contribution in [1.29, 1.82) is 0 Å². The van der Waals surface area contributed by atoms with Gasteiger partial charge in [0.2, 0.25) is 0 Å². The van der Waals surface area contributed by atoms with Crippen LogP contribution in [0, 0.1) is 0 Å². The van der Waals surface area contributed by atoms with Gasteiger partial charge in [-0.25, -0.2) is 0 Å². The van der Waals surface area contributed by atoms with E-state index in [0.717, 1.165) is 13.0 Å². The lowest BCUT2D eigenvalue weighted by Gasteiger charge is -2.16. The summed E-state index contributed by atoms with van der Waals surface area (Å²) in [6.45, 7) is 3.12. The minimum Gasteiger partial charge on any atom is -0.385 e. The zero-order valence-corrected chi connectivity index (χ0v) is 10.6. The molecule has 90 valence electrons. The van der Waals surface area contributed by atoms with Gasteiger partial charge in [-0.3, -0.25) is 0 Å². The van der Waals surface area contributed by atoms with Gasteiger partial charge in [-0.2, -0.15) is 0 Å². The van der Waals surface area contributed by atoms with E-state index in [1.807, 2.05) is 0 Å². The Morgan fingerprint density at radius 1 is 1.06 bits per heavy atom. The molecule has 0 fully saturated rings. The molecule has 1 aromatic rings. The van der Waals surface area contributed by atoms with Crippen LogP contribution < -0.4 is 0 Å². The molecule has 0 aliphatic carbocycles. The van der Waals surface area contributed by atoms with E-state index in [2.05, 4.69) is 37.3 Å². The minimum atomic E-state index is 0.674. The fourth-order valence-corrected chi connectivity index (χ4v) is 2.10. The van der Waals surface area contributed by atoms with Crippen molar-refractivity contribution < 1.29 is 4.74 Å². The predicted molar refractivity (Wildman–Crippen MR) is 69.8 cm³/mol. The van der Waals surface area contributed by atoms with Gasteiger partial charge in [0.05, 0.1) is 0 Å². The average Bonchev–Trinajstić information content (AvgIpc) is 2.35. The first kappa shape index (κ1) is 13.2. The zero-order valence-electron chi connectivity index (χ0n) is 10.6. The van der Waals surface area contributed by atoms with Gasteiger partial charge in [0, 0.05) is 13.7 Å². The van der Waals surface area contributed by atoms with Gasteiger partial charge in [0.25, 0.3) is 0 Å². The topological polar surface area (TPSA) is 9.23 Å². The van der Waals surface area contributed by atoms with E-state index in [0.29, 0.717) is 5.92 Å². The van der Waals surface area contributed by atoms with Crippen molar-refractivity contribution in [1.82, 2.24) is 0 Å². The first-order chi connectivity index (χ1) is 7.88. The number of unbranched alkanes of at least 4 members (excludes halogenated alkanes) is 2. The van der Waals surface area contributed by atoms with E-state index in [1.54, 1.807) is 7.11 Å². The molecule has 1 nitrogen and oxygen atoms in total. The number of methoxy groups -OCH3 is 1. The minimum absolute atomic E-state index is 0.674. The highest BCUT2D eigenvalue weighted by atomic mass is 16.5. The highest BCUT2D eigenvalue weighted by Crippen LogP contribution is 2.25. The van der Waals surface area contributed by atoms with Crippen LogP contribution in [-0.4, -0.2) is 13.7 Å². The van der Waals surface area contributed by atoms with Crippen molar-refractivity contribution >= 4 is 0 Å². The van der Waals surface area contributed by atoms with Crippen molar-refractivity contribution in [2.75, 3.05) is 13.7 Å². The maximum atomic E-state index is 5.20. The smallest absolute Gasteiger partial charge is 0.0468 e. The molecule has 0 heterocycles. The lowest BCUT2D eigenvalue weighted by molar-refractivity contribution is 0.186. The number of hydrogen-bond donors (Lipinski definition) is 0.